The van der Waals surface area contributed by atoms with E-state index >= 15 is 0 Å². The van der Waals surface area contributed by atoms with Crippen LogP contribution in [0.2, 0.25) is 0 Å². The molecule has 0 unspecified atom stereocenters. The molecule has 0 spiro atoms. The second kappa shape index (κ2) is 5.24. The van der Waals surface area contributed by atoms with E-state index in [9.17, 15) is 18.0 Å². The molecule has 0 bridgehead atoms. The molecule has 7 heteroatoms. The topological polar surface area (TPSA) is 91.8 Å². The number of rotatable bonds is 5. The van der Waals surface area contributed by atoms with Crippen LogP contribution in [0.5, 0.6) is 0 Å². The van der Waals surface area contributed by atoms with Crippen molar-refractivity contribution in [2.24, 2.45) is 0 Å². The Morgan fingerprint density at radius 3 is 2.45 bits per heavy atom. The molecule has 2 rings (SSSR count). The number of aromatic carboxylic acids is 1. The van der Waals surface area contributed by atoms with Crippen molar-refractivity contribution in [1.82, 2.24) is 4.90 Å². The fourth-order valence-corrected chi connectivity index (χ4v) is 3.38. The van der Waals surface area contributed by atoms with Gasteiger partial charge in [-0.05, 0) is 25.0 Å². The van der Waals surface area contributed by atoms with Gasteiger partial charge in [-0.1, -0.05) is 12.1 Å². The Bertz CT molecular complexity index is 648. The van der Waals surface area contributed by atoms with Gasteiger partial charge in [0.1, 0.15) is 5.75 Å². The Kier molecular flexibility index (Phi) is 3.80. The van der Waals surface area contributed by atoms with Crippen LogP contribution in [-0.2, 0) is 14.6 Å². The Labute approximate surface area is 116 Å². The quantitative estimate of drug-likeness (QED) is 0.867. The van der Waals surface area contributed by atoms with Crippen LogP contribution in [0, 0.1) is 0 Å². The number of benzene rings is 1. The maximum Gasteiger partial charge on any atom is 0.337 e. The summed E-state index contributed by atoms with van der Waals surface area (Å²) >= 11 is 0. The molecule has 108 valence electrons. The molecule has 0 atom stereocenters. The summed E-state index contributed by atoms with van der Waals surface area (Å²) in [7, 11) is -2.39. The van der Waals surface area contributed by atoms with Gasteiger partial charge in [0.25, 0.3) is 0 Å². The number of carboxylic acid groups (broad SMARTS) is 1. The van der Waals surface area contributed by atoms with E-state index in [1.54, 1.807) is 7.05 Å². The van der Waals surface area contributed by atoms with E-state index in [0.717, 1.165) is 12.8 Å². The van der Waals surface area contributed by atoms with Crippen LogP contribution in [0.3, 0.4) is 0 Å². The van der Waals surface area contributed by atoms with Gasteiger partial charge in [-0.2, -0.15) is 0 Å². The molecule has 0 aliphatic heterocycles. The first kappa shape index (κ1) is 14.5. The zero-order valence-corrected chi connectivity index (χ0v) is 11.8. The van der Waals surface area contributed by atoms with Crippen molar-refractivity contribution in [2.45, 2.75) is 23.8 Å². The molecule has 1 fully saturated rings. The summed E-state index contributed by atoms with van der Waals surface area (Å²) < 4.78 is 24.4. The second-order valence-corrected chi connectivity index (χ2v) is 6.75. The van der Waals surface area contributed by atoms with Gasteiger partial charge >= 0.3 is 5.97 Å². The van der Waals surface area contributed by atoms with Crippen molar-refractivity contribution in [1.29, 1.82) is 0 Å². The first-order chi connectivity index (χ1) is 9.33. The molecule has 20 heavy (non-hydrogen) atoms. The van der Waals surface area contributed by atoms with Crippen molar-refractivity contribution in [3.63, 3.8) is 0 Å². The fourth-order valence-electron chi connectivity index (χ4n) is 1.92. The standard InChI is InChI=1S/C13H15NO5S/c1-14(9-6-7-9)12(15)8-20(18,19)11-5-3-2-4-10(11)13(16)17/h2-5,9H,6-8H2,1H3,(H,16,17). The molecular formula is C13H15NO5S. The van der Waals surface area contributed by atoms with Gasteiger partial charge in [0.15, 0.2) is 9.84 Å². The van der Waals surface area contributed by atoms with E-state index in [-0.39, 0.29) is 16.5 Å². The van der Waals surface area contributed by atoms with Gasteiger partial charge in [-0.15, -0.1) is 0 Å². The van der Waals surface area contributed by atoms with Crippen molar-refractivity contribution in [3.8, 4) is 0 Å². The number of carbonyl (C=O) groups is 2. The second-order valence-electron chi connectivity index (χ2n) is 4.80. The van der Waals surface area contributed by atoms with Gasteiger partial charge < -0.3 is 10.0 Å². The minimum absolute atomic E-state index is 0.118. The molecule has 1 N–H and O–H groups in total. The third kappa shape index (κ3) is 2.98. The lowest BCUT2D eigenvalue weighted by Gasteiger charge is -2.16. The van der Waals surface area contributed by atoms with Gasteiger partial charge in [0.05, 0.1) is 10.5 Å². The summed E-state index contributed by atoms with van der Waals surface area (Å²) in [4.78, 5) is 24.0. The molecule has 0 saturated heterocycles. The SMILES string of the molecule is CN(C(=O)CS(=O)(=O)c1ccccc1C(=O)O)C1CC1. The first-order valence-electron chi connectivity index (χ1n) is 6.13. The number of hydrogen-bond acceptors (Lipinski definition) is 4. The molecule has 1 amide bonds. The maximum absolute atomic E-state index is 12.2. The minimum atomic E-state index is -3.96. The van der Waals surface area contributed by atoms with Crippen LogP contribution in [0.1, 0.15) is 23.2 Å². The Morgan fingerprint density at radius 1 is 1.30 bits per heavy atom. The van der Waals surface area contributed by atoms with Crippen LogP contribution < -0.4 is 0 Å². The lowest BCUT2D eigenvalue weighted by molar-refractivity contribution is -0.127. The summed E-state index contributed by atoms with van der Waals surface area (Å²) in [5.74, 6) is -2.54. The predicted molar refractivity (Wildman–Crippen MR) is 71.2 cm³/mol. The average Bonchev–Trinajstić information content (AvgIpc) is 3.21. The molecular weight excluding hydrogens is 282 g/mol. The van der Waals surface area contributed by atoms with Crippen molar-refractivity contribution >= 4 is 21.7 Å². The zero-order valence-electron chi connectivity index (χ0n) is 10.9. The third-order valence-corrected chi connectivity index (χ3v) is 4.91. The summed E-state index contributed by atoms with van der Waals surface area (Å²) in [5, 5.41) is 9.01. The van der Waals surface area contributed by atoms with Crippen LogP contribution in [0.25, 0.3) is 0 Å². The summed E-state index contributed by atoms with van der Waals surface area (Å²) in [6, 6.07) is 5.43. The molecule has 6 nitrogen and oxygen atoms in total. The number of sulfone groups is 1. The first-order valence-corrected chi connectivity index (χ1v) is 7.79. The minimum Gasteiger partial charge on any atom is -0.478 e. The Balaban J connectivity index is 2.26. The van der Waals surface area contributed by atoms with Crippen LogP contribution >= 0.6 is 0 Å². The maximum atomic E-state index is 12.2. The Morgan fingerprint density at radius 2 is 1.90 bits per heavy atom. The molecule has 1 saturated carbocycles. The van der Waals surface area contributed by atoms with Crippen LogP contribution in [0.4, 0.5) is 0 Å². The molecule has 1 aromatic rings. The number of hydrogen-bond donors (Lipinski definition) is 1. The number of carboxylic acids is 1. The lowest BCUT2D eigenvalue weighted by atomic mass is 10.2. The number of nitrogens with zero attached hydrogens (tertiary/aromatic N) is 1. The normalized spacial score (nSPS) is 14.8. The van der Waals surface area contributed by atoms with E-state index < -0.39 is 27.5 Å². The smallest absolute Gasteiger partial charge is 0.337 e. The van der Waals surface area contributed by atoms with E-state index in [2.05, 4.69) is 0 Å². The van der Waals surface area contributed by atoms with Gasteiger partial charge in [-0.25, -0.2) is 13.2 Å². The van der Waals surface area contributed by atoms with Crippen LogP contribution in [-0.4, -0.2) is 49.1 Å². The molecule has 1 aliphatic carbocycles. The number of amides is 1. The third-order valence-electron chi connectivity index (χ3n) is 3.25. The summed E-state index contributed by atoms with van der Waals surface area (Å²) in [6.45, 7) is 0. The average molecular weight is 297 g/mol. The molecule has 1 aromatic carbocycles. The summed E-state index contributed by atoms with van der Waals surface area (Å²) in [5.41, 5.74) is -0.311. The highest BCUT2D eigenvalue weighted by atomic mass is 32.2. The van der Waals surface area contributed by atoms with E-state index in [4.69, 9.17) is 5.11 Å². The van der Waals surface area contributed by atoms with Crippen molar-refractivity contribution < 1.29 is 23.1 Å². The Hall–Kier alpha value is -1.89. The highest BCUT2D eigenvalue weighted by Crippen LogP contribution is 2.26. The fraction of sp³-hybridized carbons (Fsp3) is 0.385. The summed E-state index contributed by atoms with van der Waals surface area (Å²) in [6.07, 6.45) is 1.77. The highest BCUT2D eigenvalue weighted by Gasteiger charge is 2.33. The van der Waals surface area contributed by atoms with E-state index in [1.807, 2.05) is 0 Å². The lowest BCUT2D eigenvalue weighted by Crippen LogP contribution is -2.34. The monoisotopic (exact) mass is 297 g/mol. The van der Waals surface area contributed by atoms with Crippen molar-refractivity contribution in [3.05, 3.63) is 29.8 Å². The van der Waals surface area contributed by atoms with Gasteiger partial charge in [0, 0.05) is 13.1 Å². The molecule has 0 heterocycles. The largest absolute Gasteiger partial charge is 0.478 e. The zero-order chi connectivity index (χ0) is 14.9. The van der Waals surface area contributed by atoms with Gasteiger partial charge in [0.2, 0.25) is 5.91 Å². The van der Waals surface area contributed by atoms with Gasteiger partial charge in [-0.3, -0.25) is 4.79 Å². The van der Waals surface area contributed by atoms with Crippen molar-refractivity contribution in [2.75, 3.05) is 12.8 Å². The molecule has 0 radical (unpaired) electrons. The predicted octanol–water partition coefficient (Wildman–Crippen LogP) is 0.779. The van der Waals surface area contributed by atoms with Crippen LogP contribution in [0.15, 0.2) is 29.2 Å². The van der Waals surface area contributed by atoms with E-state index in [0.29, 0.717) is 0 Å². The van der Waals surface area contributed by atoms with E-state index in [1.165, 1.54) is 29.2 Å². The highest BCUT2D eigenvalue weighted by molar-refractivity contribution is 7.92. The number of carbonyl (C=O) groups excluding carboxylic acids is 1. The molecule has 1 aliphatic rings. The molecule has 0 aromatic heterocycles.